The third kappa shape index (κ3) is 3.22. The lowest BCUT2D eigenvalue weighted by atomic mass is 9.81. The molecule has 128 valence electrons. The minimum absolute atomic E-state index is 0.0663. The number of nitrogens with zero attached hydrogens (tertiary/aromatic N) is 1. The van der Waals surface area contributed by atoms with Crippen molar-refractivity contribution in [2.24, 2.45) is 0 Å². The van der Waals surface area contributed by atoms with Gasteiger partial charge < -0.3 is 15.4 Å². The molecule has 1 unspecified atom stereocenters. The molecule has 2 aromatic carbocycles. The van der Waals surface area contributed by atoms with Gasteiger partial charge in [0.1, 0.15) is 5.75 Å². The number of hydrogen-bond acceptors (Lipinski definition) is 3. The molecule has 5 nitrogen and oxygen atoms in total. The van der Waals surface area contributed by atoms with Crippen LogP contribution >= 0.6 is 0 Å². The average Bonchev–Trinajstić information content (AvgIpc) is 3.09. The van der Waals surface area contributed by atoms with Gasteiger partial charge in [-0.3, -0.25) is 4.79 Å². The lowest BCUT2D eigenvalue weighted by Crippen LogP contribution is -2.26. The standard InChI is InChI=1S/C20H21N3O2/c24-16-6-4-13-2-1-3-14(17(13)11-16)8-9-21-20(25)15-5-7-18-19(10-15)23-12-22-18/h4-7,10-12,14,24H,1-3,8-9H2,(H,21,25)(H,22,23). The van der Waals surface area contributed by atoms with Crippen LogP contribution in [0.5, 0.6) is 5.75 Å². The number of imidazole rings is 1. The van der Waals surface area contributed by atoms with E-state index in [9.17, 15) is 9.90 Å². The van der Waals surface area contributed by atoms with Crippen molar-refractivity contribution in [1.82, 2.24) is 15.3 Å². The highest BCUT2D eigenvalue weighted by Gasteiger charge is 2.20. The van der Waals surface area contributed by atoms with Gasteiger partial charge in [0.15, 0.2) is 0 Å². The van der Waals surface area contributed by atoms with E-state index in [1.807, 2.05) is 24.3 Å². The number of rotatable bonds is 4. The Hall–Kier alpha value is -2.82. The molecule has 0 saturated heterocycles. The average molecular weight is 335 g/mol. The first-order chi connectivity index (χ1) is 12.2. The quantitative estimate of drug-likeness (QED) is 0.683. The number of phenols is 1. The molecule has 1 aromatic heterocycles. The highest BCUT2D eigenvalue weighted by molar-refractivity contribution is 5.97. The van der Waals surface area contributed by atoms with Crippen LogP contribution in [0.15, 0.2) is 42.7 Å². The van der Waals surface area contributed by atoms with Gasteiger partial charge >= 0.3 is 0 Å². The molecule has 0 fully saturated rings. The first kappa shape index (κ1) is 15.7. The monoisotopic (exact) mass is 335 g/mol. The van der Waals surface area contributed by atoms with Crippen LogP contribution in [0.1, 0.15) is 46.7 Å². The number of carbonyl (C=O) groups is 1. The maximum atomic E-state index is 12.4. The molecule has 3 N–H and O–H groups in total. The second-order valence-electron chi connectivity index (χ2n) is 6.65. The number of benzene rings is 2. The molecule has 0 radical (unpaired) electrons. The molecule has 1 atom stereocenters. The van der Waals surface area contributed by atoms with E-state index in [1.165, 1.54) is 11.1 Å². The summed E-state index contributed by atoms with van der Waals surface area (Å²) in [6.07, 6.45) is 5.85. The smallest absolute Gasteiger partial charge is 0.251 e. The molecule has 0 aliphatic heterocycles. The predicted octanol–water partition coefficient (Wildman–Crippen LogP) is 3.51. The first-order valence-electron chi connectivity index (χ1n) is 8.74. The van der Waals surface area contributed by atoms with Crippen LogP contribution in [0.3, 0.4) is 0 Å². The molecule has 3 aromatic rings. The van der Waals surface area contributed by atoms with Crippen molar-refractivity contribution in [2.75, 3.05) is 6.54 Å². The number of amides is 1. The second-order valence-corrected chi connectivity index (χ2v) is 6.65. The summed E-state index contributed by atoms with van der Waals surface area (Å²) in [5, 5.41) is 12.8. The Balaban J connectivity index is 1.39. The number of nitrogens with one attached hydrogen (secondary N) is 2. The molecule has 1 amide bonds. The van der Waals surface area contributed by atoms with Crippen LogP contribution in [-0.4, -0.2) is 27.5 Å². The number of aromatic hydroxyl groups is 1. The summed E-state index contributed by atoms with van der Waals surface area (Å²) in [5.41, 5.74) is 4.92. The molecule has 5 heteroatoms. The Morgan fingerprint density at radius 3 is 3.12 bits per heavy atom. The van der Waals surface area contributed by atoms with Crippen molar-refractivity contribution < 1.29 is 9.90 Å². The number of hydrogen-bond donors (Lipinski definition) is 3. The molecular weight excluding hydrogens is 314 g/mol. The van der Waals surface area contributed by atoms with Gasteiger partial charge in [0.05, 0.1) is 17.4 Å². The highest BCUT2D eigenvalue weighted by atomic mass is 16.3. The van der Waals surface area contributed by atoms with Crippen molar-refractivity contribution in [1.29, 1.82) is 0 Å². The maximum absolute atomic E-state index is 12.4. The maximum Gasteiger partial charge on any atom is 0.251 e. The zero-order chi connectivity index (χ0) is 17.2. The van der Waals surface area contributed by atoms with Gasteiger partial charge in [-0.2, -0.15) is 0 Å². The van der Waals surface area contributed by atoms with E-state index in [0.29, 0.717) is 23.8 Å². The molecule has 0 saturated carbocycles. The van der Waals surface area contributed by atoms with Crippen molar-refractivity contribution in [2.45, 2.75) is 31.6 Å². The van der Waals surface area contributed by atoms with Gasteiger partial charge in [-0.25, -0.2) is 4.98 Å². The number of fused-ring (bicyclic) bond motifs is 2. The Labute approximate surface area is 146 Å². The molecule has 1 aliphatic rings. The SMILES string of the molecule is O=C(NCCC1CCCc2ccc(O)cc21)c1ccc2nc[nH]c2c1. The van der Waals surface area contributed by atoms with E-state index in [4.69, 9.17) is 0 Å². The summed E-state index contributed by atoms with van der Waals surface area (Å²) in [6, 6.07) is 11.1. The fourth-order valence-electron chi connectivity index (χ4n) is 3.72. The summed E-state index contributed by atoms with van der Waals surface area (Å²) in [5.74, 6) is 0.650. The van der Waals surface area contributed by atoms with Gasteiger partial charge in [-0.05, 0) is 73.1 Å². The molecular formula is C20H21N3O2. The van der Waals surface area contributed by atoms with E-state index in [2.05, 4.69) is 15.3 Å². The molecule has 1 heterocycles. The van der Waals surface area contributed by atoms with Gasteiger partial charge in [-0.1, -0.05) is 6.07 Å². The highest BCUT2D eigenvalue weighted by Crippen LogP contribution is 2.35. The van der Waals surface area contributed by atoms with Gasteiger partial charge in [-0.15, -0.1) is 0 Å². The summed E-state index contributed by atoms with van der Waals surface area (Å²) >= 11 is 0. The molecule has 0 spiro atoms. The Bertz CT molecular complexity index is 916. The fraction of sp³-hybridized carbons (Fsp3) is 0.300. The Kier molecular flexibility index (Phi) is 4.14. The first-order valence-corrected chi connectivity index (χ1v) is 8.74. The fourth-order valence-corrected chi connectivity index (χ4v) is 3.72. The summed E-state index contributed by atoms with van der Waals surface area (Å²) in [4.78, 5) is 19.6. The Morgan fingerprint density at radius 1 is 1.28 bits per heavy atom. The van der Waals surface area contributed by atoms with Crippen molar-refractivity contribution >= 4 is 16.9 Å². The summed E-state index contributed by atoms with van der Waals surface area (Å²) in [6.45, 7) is 0.625. The number of phenolic OH excluding ortho intramolecular Hbond substituents is 1. The number of aromatic amines is 1. The minimum atomic E-state index is -0.0663. The van der Waals surface area contributed by atoms with E-state index in [-0.39, 0.29) is 5.91 Å². The zero-order valence-corrected chi connectivity index (χ0v) is 14.0. The van der Waals surface area contributed by atoms with Crippen molar-refractivity contribution in [3.8, 4) is 5.75 Å². The number of carbonyl (C=O) groups excluding carboxylic acids is 1. The van der Waals surface area contributed by atoms with Crippen LogP contribution < -0.4 is 5.32 Å². The third-order valence-corrected chi connectivity index (χ3v) is 5.03. The van der Waals surface area contributed by atoms with E-state index in [0.717, 1.165) is 36.7 Å². The van der Waals surface area contributed by atoms with Crippen LogP contribution in [-0.2, 0) is 6.42 Å². The van der Waals surface area contributed by atoms with Crippen LogP contribution in [0, 0.1) is 0 Å². The van der Waals surface area contributed by atoms with Crippen LogP contribution in [0.2, 0.25) is 0 Å². The topological polar surface area (TPSA) is 78.0 Å². The van der Waals surface area contributed by atoms with Gasteiger partial charge in [0, 0.05) is 12.1 Å². The van der Waals surface area contributed by atoms with Gasteiger partial charge in [0.2, 0.25) is 0 Å². The number of aromatic nitrogens is 2. The molecule has 1 aliphatic carbocycles. The third-order valence-electron chi connectivity index (χ3n) is 5.03. The normalized spacial score (nSPS) is 16.6. The van der Waals surface area contributed by atoms with Crippen molar-refractivity contribution in [3.63, 3.8) is 0 Å². The predicted molar refractivity (Wildman–Crippen MR) is 96.8 cm³/mol. The summed E-state index contributed by atoms with van der Waals surface area (Å²) in [7, 11) is 0. The lowest BCUT2D eigenvalue weighted by molar-refractivity contribution is 0.0952. The second kappa shape index (κ2) is 6.59. The van der Waals surface area contributed by atoms with Crippen LogP contribution in [0.4, 0.5) is 0 Å². The van der Waals surface area contributed by atoms with E-state index >= 15 is 0 Å². The summed E-state index contributed by atoms with van der Waals surface area (Å²) < 4.78 is 0. The van der Waals surface area contributed by atoms with E-state index < -0.39 is 0 Å². The zero-order valence-electron chi connectivity index (χ0n) is 14.0. The lowest BCUT2D eigenvalue weighted by Gasteiger charge is -2.25. The molecule has 4 rings (SSSR count). The van der Waals surface area contributed by atoms with E-state index in [1.54, 1.807) is 18.5 Å². The number of H-pyrrole nitrogens is 1. The molecule has 25 heavy (non-hydrogen) atoms. The minimum Gasteiger partial charge on any atom is -0.508 e. The largest absolute Gasteiger partial charge is 0.508 e. The number of aryl methyl sites for hydroxylation is 1. The van der Waals surface area contributed by atoms with Crippen molar-refractivity contribution in [3.05, 3.63) is 59.4 Å². The Morgan fingerprint density at radius 2 is 2.20 bits per heavy atom. The van der Waals surface area contributed by atoms with Gasteiger partial charge in [0.25, 0.3) is 5.91 Å². The van der Waals surface area contributed by atoms with Crippen LogP contribution in [0.25, 0.3) is 11.0 Å². The molecule has 0 bridgehead atoms.